The van der Waals surface area contributed by atoms with Crippen molar-refractivity contribution < 1.29 is 9.18 Å². The average molecular weight is 338 g/mol. The highest BCUT2D eigenvalue weighted by Gasteiger charge is 2.08. The van der Waals surface area contributed by atoms with Gasteiger partial charge in [0.1, 0.15) is 5.82 Å². The lowest BCUT2D eigenvalue weighted by atomic mass is 10.1. The van der Waals surface area contributed by atoms with Gasteiger partial charge in [0.15, 0.2) is 0 Å². The highest BCUT2D eigenvalue weighted by molar-refractivity contribution is 5.89. The molecule has 0 saturated carbocycles. The summed E-state index contributed by atoms with van der Waals surface area (Å²) in [7, 11) is 0. The summed E-state index contributed by atoms with van der Waals surface area (Å²) in [6, 6.07) is 13.9. The van der Waals surface area contributed by atoms with Gasteiger partial charge in [0.05, 0.1) is 12.2 Å². The Kier molecular flexibility index (Phi) is 5.09. The van der Waals surface area contributed by atoms with Gasteiger partial charge < -0.3 is 10.6 Å². The van der Waals surface area contributed by atoms with E-state index in [0.29, 0.717) is 13.1 Å². The second kappa shape index (κ2) is 7.61. The van der Waals surface area contributed by atoms with Gasteiger partial charge in [0.2, 0.25) is 0 Å². The fourth-order valence-corrected chi connectivity index (χ4v) is 2.52. The Labute approximate surface area is 145 Å². The number of aryl methyl sites for hydroxylation is 1. The molecule has 0 aliphatic heterocycles. The van der Waals surface area contributed by atoms with Crippen molar-refractivity contribution >= 4 is 11.7 Å². The number of carbonyl (C=O) groups excluding carboxylic acids is 1. The maximum Gasteiger partial charge on any atom is 0.319 e. The van der Waals surface area contributed by atoms with Gasteiger partial charge in [-0.05, 0) is 41.8 Å². The molecule has 0 aliphatic rings. The quantitative estimate of drug-likeness (QED) is 0.745. The first kappa shape index (κ1) is 16.7. The molecule has 0 spiro atoms. The minimum absolute atomic E-state index is 0.160. The van der Waals surface area contributed by atoms with E-state index in [9.17, 15) is 9.18 Å². The molecule has 0 saturated heterocycles. The molecule has 3 rings (SSSR count). The van der Waals surface area contributed by atoms with E-state index in [0.717, 1.165) is 16.7 Å². The van der Waals surface area contributed by atoms with Gasteiger partial charge in [0, 0.05) is 18.9 Å². The molecule has 0 atom stereocenters. The Morgan fingerprint density at radius 1 is 1.16 bits per heavy atom. The first-order valence-electron chi connectivity index (χ1n) is 7.97. The summed E-state index contributed by atoms with van der Waals surface area (Å²) in [5, 5.41) is 9.49. The van der Waals surface area contributed by atoms with Crippen LogP contribution in [0.2, 0.25) is 0 Å². The summed E-state index contributed by atoms with van der Waals surface area (Å²) in [5.74, 6) is -0.450. The number of urea groups is 1. The van der Waals surface area contributed by atoms with Crippen LogP contribution in [0, 0.1) is 12.7 Å². The number of nitrogens with zero attached hydrogens (tertiary/aromatic N) is 2. The normalized spacial score (nSPS) is 10.5. The van der Waals surface area contributed by atoms with Gasteiger partial charge in [0.25, 0.3) is 0 Å². The van der Waals surface area contributed by atoms with Crippen molar-refractivity contribution in [1.29, 1.82) is 0 Å². The molecule has 0 bridgehead atoms. The first-order valence-corrected chi connectivity index (χ1v) is 7.97. The smallest absolute Gasteiger partial charge is 0.319 e. The summed E-state index contributed by atoms with van der Waals surface area (Å²) >= 11 is 0. The highest BCUT2D eigenvalue weighted by atomic mass is 19.1. The number of nitrogens with one attached hydrogen (secondary N) is 2. The topological polar surface area (TPSA) is 59.0 Å². The third-order valence-electron chi connectivity index (χ3n) is 3.82. The Morgan fingerprint density at radius 2 is 1.96 bits per heavy atom. The van der Waals surface area contributed by atoms with E-state index in [1.807, 2.05) is 41.2 Å². The molecule has 1 aromatic heterocycles. The zero-order valence-electron chi connectivity index (χ0n) is 13.9. The van der Waals surface area contributed by atoms with Crippen molar-refractivity contribution in [3.63, 3.8) is 0 Å². The van der Waals surface area contributed by atoms with E-state index in [4.69, 9.17) is 0 Å². The van der Waals surface area contributed by atoms with Crippen LogP contribution in [0.25, 0.3) is 0 Å². The zero-order chi connectivity index (χ0) is 17.6. The largest absolute Gasteiger partial charge is 0.334 e. The fraction of sp³-hybridized carbons (Fsp3) is 0.158. The summed E-state index contributed by atoms with van der Waals surface area (Å²) in [5.41, 5.74) is 3.01. The summed E-state index contributed by atoms with van der Waals surface area (Å²) in [6.07, 6.45) is 3.61. The number of halogens is 1. The molecule has 3 aromatic rings. The molecular weight excluding hydrogens is 319 g/mol. The van der Waals surface area contributed by atoms with Crippen LogP contribution >= 0.6 is 0 Å². The maximum atomic E-state index is 13.8. The number of benzene rings is 2. The molecule has 128 valence electrons. The average Bonchev–Trinajstić information content (AvgIpc) is 3.10. The predicted molar refractivity (Wildman–Crippen MR) is 94.8 cm³/mol. The third-order valence-corrected chi connectivity index (χ3v) is 3.82. The molecule has 2 N–H and O–H groups in total. The van der Waals surface area contributed by atoms with Crippen molar-refractivity contribution in [2.24, 2.45) is 0 Å². The van der Waals surface area contributed by atoms with Gasteiger partial charge >= 0.3 is 6.03 Å². The minimum atomic E-state index is -0.450. The van der Waals surface area contributed by atoms with Crippen LogP contribution in [0.3, 0.4) is 0 Å². The van der Waals surface area contributed by atoms with E-state index in [1.54, 1.807) is 25.3 Å². The van der Waals surface area contributed by atoms with Crippen molar-refractivity contribution in [3.05, 3.63) is 83.4 Å². The second-order valence-electron chi connectivity index (χ2n) is 5.76. The molecular formula is C19H19FN4O. The molecule has 0 fully saturated rings. The van der Waals surface area contributed by atoms with Gasteiger partial charge in [-0.1, -0.05) is 30.3 Å². The maximum absolute atomic E-state index is 13.8. The molecule has 25 heavy (non-hydrogen) atoms. The van der Waals surface area contributed by atoms with Gasteiger partial charge in [-0.2, -0.15) is 5.10 Å². The van der Waals surface area contributed by atoms with Crippen LogP contribution in [0.15, 0.2) is 60.9 Å². The third kappa shape index (κ3) is 4.44. The fourth-order valence-electron chi connectivity index (χ4n) is 2.52. The van der Waals surface area contributed by atoms with Crippen LogP contribution in [0.5, 0.6) is 0 Å². The van der Waals surface area contributed by atoms with Crippen molar-refractivity contribution in [3.8, 4) is 0 Å². The van der Waals surface area contributed by atoms with Crippen LogP contribution in [-0.2, 0) is 13.1 Å². The van der Waals surface area contributed by atoms with Crippen LogP contribution < -0.4 is 10.6 Å². The molecule has 1 heterocycles. The molecule has 6 heteroatoms. The van der Waals surface area contributed by atoms with Crippen LogP contribution in [-0.4, -0.2) is 15.8 Å². The number of rotatable bonds is 5. The molecule has 0 aliphatic carbocycles. The number of amides is 2. The lowest BCUT2D eigenvalue weighted by Crippen LogP contribution is -2.29. The SMILES string of the molecule is Cc1ccc(NC(=O)NCc2ccccc2Cn2cccn2)c(F)c1. The summed E-state index contributed by atoms with van der Waals surface area (Å²) in [6.45, 7) is 2.76. The van der Waals surface area contributed by atoms with Crippen LogP contribution in [0.4, 0.5) is 14.9 Å². The Balaban J connectivity index is 1.62. The van der Waals surface area contributed by atoms with E-state index in [1.165, 1.54) is 6.07 Å². The van der Waals surface area contributed by atoms with Crippen LogP contribution in [0.1, 0.15) is 16.7 Å². The first-order chi connectivity index (χ1) is 12.1. The zero-order valence-corrected chi connectivity index (χ0v) is 13.9. The van der Waals surface area contributed by atoms with Gasteiger partial charge in [-0.25, -0.2) is 9.18 Å². The minimum Gasteiger partial charge on any atom is -0.334 e. The van der Waals surface area contributed by atoms with Gasteiger partial charge in [-0.15, -0.1) is 0 Å². The Hall–Kier alpha value is -3.15. The number of anilines is 1. The van der Waals surface area contributed by atoms with Crippen molar-refractivity contribution in [2.45, 2.75) is 20.0 Å². The summed E-state index contributed by atoms with van der Waals surface area (Å²) in [4.78, 5) is 12.0. The molecule has 2 aromatic carbocycles. The molecule has 0 unspecified atom stereocenters. The van der Waals surface area contributed by atoms with Crippen molar-refractivity contribution in [2.75, 3.05) is 5.32 Å². The van der Waals surface area contributed by atoms with E-state index >= 15 is 0 Å². The lowest BCUT2D eigenvalue weighted by Gasteiger charge is -2.12. The standard InChI is InChI=1S/C19H19FN4O/c1-14-7-8-18(17(20)11-14)23-19(25)21-12-15-5-2-3-6-16(15)13-24-10-4-9-22-24/h2-11H,12-13H2,1H3,(H2,21,23,25). The number of aromatic nitrogens is 2. The van der Waals surface area contributed by atoms with E-state index in [-0.39, 0.29) is 5.69 Å². The predicted octanol–water partition coefficient (Wildman–Crippen LogP) is 3.70. The monoisotopic (exact) mass is 338 g/mol. The Bertz CT molecular complexity index is 862. The summed E-state index contributed by atoms with van der Waals surface area (Å²) < 4.78 is 15.6. The van der Waals surface area contributed by atoms with Gasteiger partial charge in [-0.3, -0.25) is 4.68 Å². The van der Waals surface area contributed by atoms with E-state index in [2.05, 4.69) is 15.7 Å². The van der Waals surface area contributed by atoms with Crippen molar-refractivity contribution in [1.82, 2.24) is 15.1 Å². The molecule has 0 radical (unpaired) electrons. The number of hydrogen-bond acceptors (Lipinski definition) is 2. The lowest BCUT2D eigenvalue weighted by molar-refractivity contribution is 0.251. The number of hydrogen-bond donors (Lipinski definition) is 2. The Morgan fingerprint density at radius 3 is 2.68 bits per heavy atom. The van der Waals surface area contributed by atoms with E-state index < -0.39 is 11.8 Å². The number of carbonyl (C=O) groups is 1. The molecule has 5 nitrogen and oxygen atoms in total. The molecule has 2 amide bonds. The highest BCUT2D eigenvalue weighted by Crippen LogP contribution is 2.15. The second-order valence-corrected chi connectivity index (χ2v) is 5.76.